The van der Waals surface area contributed by atoms with Crippen LogP contribution in [0.15, 0.2) is 18.3 Å². The van der Waals surface area contributed by atoms with Crippen molar-refractivity contribution >= 4 is 5.91 Å². The van der Waals surface area contributed by atoms with E-state index in [1.165, 1.54) is 6.20 Å². The number of carbonyl (C=O) groups is 1. The molecule has 0 spiro atoms. The monoisotopic (exact) mass is 250 g/mol. The summed E-state index contributed by atoms with van der Waals surface area (Å²) in [7, 11) is 0. The highest BCUT2D eigenvalue weighted by Gasteiger charge is 2.23. The van der Waals surface area contributed by atoms with Gasteiger partial charge in [-0.15, -0.1) is 0 Å². The van der Waals surface area contributed by atoms with Crippen LogP contribution in [0.4, 0.5) is 0 Å². The van der Waals surface area contributed by atoms with E-state index in [1.54, 1.807) is 6.07 Å². The largest absolute Gasteiger partial charge is 0.395 e. The molecule has 1 amide bonds. The van der Waals surface area contributed by atoms with Crippen LogP contribution in [0.25, 0.3) is 0 Å². The smallest absolute Gasteiger partial charge is 0.266 e. The van der Waals surface area contributed by atoms with Crippen LogP contribution in [0.2, 0.25) is 0 Å². The lowest BCUT2D eigenvalue weighted by Crippen LogP contribution is -2.32. The molecular formula is C12H18N4O2. The minimum absolute atomic E-state index is 0.188. The van der Waals surface area contributed by atoms with Crippen molar-refractivity contribution in [1.29, 1.82) is 0 Å². The van der Waals surface area contributed by atoms with Crippen LogP contribution in [-0.4, -0.2) is 40.1 Å². The van der Waals surface area contributed by atoms with Gasteiger partial charge in [0.1, 0.15) is 0 Å². The Morgan fingerprint density at radius 3 is 3.06 bits per heavy atom. The molecule has 1 saturated heterocycles. The van der Waals surface area contributed by atoms with E-state index in [1.807, 2.05) is 6.07 Å². The quantitative estimate of drug-likeness (QED) is 0.386. The van der Waals surface area contributed by atoms with Crippen LogP contribution in [-0.2, 0) is 6.54 Å². The van der Waals surface area contributed by atoms with Crippen LogP contribution >= 0.6 is 0 Å². The lowest BCUT2D eigenvalue weighted by atomic mass is 10.2. The fraction of sp³-hybridized carbons (Fsp3) is 0.500. The molecule has 1 aromatic rings. The highest BCUT2D eigenvalue weighted by Crippen LogP contribution is 2.18. The average molecular weight is 250 g/mol. The number of nitrogen functional groups attached to an aromatic ring is 1. The van der Waals surface area contributed by atoms with E-state index in [4.69, 9.17) is 5.84 Å². The summed E-state index contributed by atoms with van der Waals surface area (Å²) in [6.07, 6.45) is 3.66. The maximum absolute atomic E-state index is 11.2. The third-order valence-electron chi connectivity index (χ3n) is 3.29. The summed E-state index contributed by atoms with van der Waals surface area (Å²) in [5.41, 5.74) is 3.41. The van der Waals surface area contributed by atoms with Crippen molar-refractivity contribution in [3.63, 3.8) is 0 Å². The Bertz CT molecular complexity index is 407. The van der Waals surface area contributed by atoms with Crippen molar-refractivity contribution < 1.29 is 9.90 Å². The minimum atomic E-state index is -0.344. The number of carbonyl (C=O) groups excluding carboxylic acids is 1. The molecule has 6 nitrogen and oxygen atoms in total. The van der Waals surface area contributed by atoms with Crippen molar-refractivity contribution in [2.45, 2.75) is 25.4 Å². The number of pyridine rings is 1. The normalized spacial score (nSPS) is 20.0. The summed E-state index contributed by atoms with van der Waals surface area (Å²) in [6.45, 7) is 1.88. The molecule has 0 aromatic carbocycles. The molecule has 98 valence electrons. The van der Waals surface area contributed by atoms with Gasteiger partial charge in [0.2, 0.25) is 0 Å². The molecule has 1 fully saturated rings. The molecule has 18 heavy (non-hydrogen) atoms. The van der Waals surface area contributed by atoms with Crippen LogP contribution in [0.1, 0.15) is 28.9 Å². The van der Waals surface area contributed by atoms with E-state index < -0.39 is 0 Å². The topological polar surface area (TPSA) is 91.5 Å². The molecule has 0 aliphatic carbocycles. The van der Waals surface area contributed by atoms with Crippen molar-refractivity contribution in [1.82, 2.24) is 15.3 Å². The number of nitrogens with zero attached hydrogens (tertiary/aromatic N) is 2. The van der Waals surface area contributed by atoms with Gasteiger partial charge in [0.25, 0.3) is 5.91 Å². The first-order chi connectivity index (χ1) is 8.74. The average Bonchev–Trinajstić information content (AvgIpc) is 2.86. The molecule has 1 atom stereocenters. The molecule has 0 bridgehead atoms. The lowest BCUT2D eigenvalue weighted by Gasteiger charge is -2.22. The fourth-order valence-corrected chi connectivity index (χ4v) is 2.25. The molecule has 0 saturated carbocycles. The third kappa shape index (κ3) is 2.84. The van der Waals surface area contributed by atoms with Gasteiger partial charge in [-0.3, -0.25) is 20.1 Å². The lowest BCUT2D eigenvalue weighted by molar-refractivity contribution is 0.0953. The summed E-state index contributed by atoms with van der Waals surface area (Å²) >= 11 is 0. The van der Waals surface area contributed by atoms with Gasteiger partial charge in [-0.2, -0.15) is 0 Å². The molecule has 1 aromatic heterocycles. The number of aromatic nitrogens is 1. The number of likely N-dealkylation sites (tertiary alicyclic amines) is 1. The summed E-state index contributed by atoms with van der Waals surface area (Å²) in [6, 6.07) is 3.75. The Labute approximate surface area is 106 Å². The van der Waals surface area contributed by atoms with Crippen LogP contribution in [0.3, 0.4) is 0 Å². The molecule has 2 rings (SSSR count). The second-order valence-corrected chi connectivity index (χ2v) is 4.46. The molecule has 4 N–H and O–H groups in total. The molecule has 1 unspecified atom stereocenters. The van der Waals surface area contributed by atoms with Crippen molar-refractivity contribution in [2.24, 2.45) is 5.84 Å². The fourth-order valence-electron chi connectivity index (χ4n) is 2.25. The zero-order valence-electron chi connectivity index (χ0n) is 10.2. The molecule has 1 aliphatic rings. The summed E-state index contributed by atoms with van der Waals surface area (Å²) in [5.74, 6) is 4.70. The highest BCUT2D eigenvalue weighted by atomic mass is 16.3. The third-order valence-corrected chi connectivity index (χ3v) is 3.29. The van der Waals surface area contributed by atoms with Crippen LogP contribution in [0, 0.1) is 0 Å². The van der Waals surface area contributed by atoms with Gasteiger partial charge in [0.05, 0.1) is 17.9 Å². The molecule has 6 heteroatoms. The van der Waals surface area contributed by atoms with Crippen LogP contribution in [0.5, 0.6) is 0 Å². The van der Waals surface area contributed by atoms with Crippen molar-refractivity contribution in [3.8, 4) is 0 Å². The number of nitrogens with two attached hydrogens (primary N) is 1. The van der Waals surface area contributed by atoms with Gasteiger partial charge in [-0.1, -0.05) is 0 Å². The van der Waals surface area contributed by atoms with E-state index in [0.717, 1.165) is 25.1 Å². The van der Waals surface area contributed by atoms with Crippen molar-refractivity contribution in [3.05, 3.63) is 29.6 Å². The predicted molar refractivity (Wildman–Crippen MR) is 66.4 cm³/mol. The second kappa shape index (κ2) is 5.90. The first kappa shape index (κ1) is 12.9. The van der Waals surface area contributed by atoms with E-state index in [9.17, 15) is 9.90 Å². The zero-order chi connectivity index (χ0) is 13.0. The van der Waals surface area contributed by atoms with Gasteiger partial charge in [-0.05, 0) is 31.5 Å². The van der Waals surface area contributed by atoms with E-state index >= 15 is 0 Å². The van der Waals surface area contributed by atoms with Gasteiger partial charge < -0.3 is 5.11 Å². The summed E-state index contributed by atoms with van der Waals surface area (Å²) < 4.78 is 0. The maximum atomic E-state index is 11.2. The van der Waals surface area contributed by atoms with Crippen molar-refractivity contribution in [2.75, 3.05) is 13.2 Å². The Morgan fingerprint density at radius 1 is 1.61 bits per heavy atom. The zero-order valence-corrected chi connectivity index (χ0v) is 10.2. The number of rotatable bonds is 4. The van der Waals surface area contributed by atoms with E-state index in [2.05, 4.69) is 15.3 Å². The Kier molecular flexibility index (Phi) is 4.24. The first-order valence-corrected chi connectivity index (χ1v) is 6.05. The Morgan fingerprint density at radius 2 is 2.44 bits per heavy atom. The predicted octanol–water partition coefficient (Wildman–Crippen LogP) is -0.358. The van der Waals surface area contributed by atoms with E-state index in [0.29, 0.717) is 12.1 Å². The first-order valence-electron chi connectivity index (χ1n) is 6.05. The SMILES string of the molecule is NNC(=O)c1ccc(CN2CCCC2CO)nc1. The standard InChI is InChI=1S/C12H18N4O2/c13-15-12(18)9-3-4-10(14-6-9)7-16-5-1-2-11(16)8-17/h3-4,6,11,17H,1-2,5,7-8,13H2,(H,15,18). The number of hydrogen-bond acceptors (Lipinski definition) is 5. The Hall–Kier alpha value is -1.50. The maximum Gasteiger partial charge on any atom is 0.266 e. The van der Waals surface area contributed by atoms with Gasteiger partial charge in [0, 0.05) is 18.8 Å². The summed E-state index contributed by atoms with van der Waals surface area (Å²) in [4.78, 5) is 17.7. The molecular weight excluding hydrogens is 232 g/mol. The van der Waals surface area contributed by atoms with Gasteiger partial charge in [-0.25, -0.2) is 5.84 Å². The molecule has 1 aliphatic heterocycles. The number of aliphatic hydroxyl groups excluding tert-OH is 1. The number of hydrazine groups is 1. The number of amides is 1. The molecule has 2 heterocycles. The number of hydrogen-bond donors (Lipinski definition) is 3. The number of nitrogens with one attached hydrogen (secondary N) is 1. The van der Waals surface area contributed by atoms with Gasteiger partial charge in [0.15, 0.2) is 0 Å². The second-order valence-electron chi connectivity index (χ2n) is 4.46. The van der Waals surface area contributed by atoms with Crippen LogP contribution < -0.4 is 11.3 Å². The van der Waals surface area contributed by atoms with E-state index in [-0.39, 0.29) is 18.6 Å². The molecule has 0 radical (unpaired) electrons. The highest BCUT2D eigenvalue weighted by molar-refractivity contribution is 5.93. The Balaban J connectivity index is 2.00. The van der Waals surface area contributed by atoms with Gasteiger partial charge >= 0.3 is 0 Å². The summed E-state index contributed by atoms with van der Waals surface area (Å²) in [5, 5.41) is 9.23. The number of aliphatic hydroxyl groups is 1. The minimum Gasteiger partial charge on any atom is -0.395 e.